The van der Waals surface area contributed by atoms with Crippen LogP contribution in [0.2, 0.25) is 0 Å². The van der Waals surface area contributed by atoms with Gasteiger partial charge >= 0.3 is 19.8 Å². The van der Waals surface area contributed by atoms with E-state index in [0.717, 1.165) is 11.1 Å². The topological polar surface area (TPSA) is 82.0 Å². The van der Waals surface area contributed by atoms with Crippen LogP contribution in [0.15, 0.2) is 133 Å². The van der Waals surface area contributed by atoms with Gasteiger partial charge in [-0.25, -0.2) is 0 Å². The number of rotatable bonds is 7. The molecule has 2 aromatic carbocycles. The van der Waals surface area contributed by atoms with Gasteiger partial charge in [0, 0.05) is 23.5 Å². The van der Waals surface area contributed by atoms with Crippen molar-refractivity contribution < 1.29 is 25.2 Å². The first kappa shape index (κ1) is 24.7. The van der Waals surface area contributed by atoms with Crippen LogP contribution >= 0.6 is 0 Å². The van der Waals surface area contributed by atoms with E-state index < -0.39 is 0 Å². The molecule has 0 saturated carbocycles. The standard InChI is InChI=1S/C28H24N2O2.Mn.N/c31-25-17-9-7-15-23(25)19-29-27(21-11-3-1-4-12-21)28(22-13-5-2-6-14-22)30-20-24-16-8-10-18-26(24)32;;/h1-20,27-30H;;/b23-19-,24-20-;;/t27-,28-;;/m0../s1. The first-order valence-electron chi connectivity index (χ1n) is 10.7. The Hall–Kier alpha value is -3.95. The van der Waals surface area contributed by atoms with Gasteiger partial charge in [0.05, 0.1) is 12.1 Å². The Morgan fingerprint density at radius 2 is 0.941 bits per heavy atom. The molecule has 0 radical (unpaired) electrons. The summed E-state index contributed by atoms with van der Waals surface area (Å²) in [6.07, 6.45) is 17.4. The molecular weight excluding hydrogens is 465 g/mol. The zero-order chi connectivity index (χ0) is 24.2. The van der Waals surface area contributed by atoms with Gasteiger partial charge in [-0.1, -0.05) is 85.0 Å². The van der Waals surface area contributed by atoms with Crippen molar-refractivity contribution in [2.24, 2.45) is 0 Å². The second-order valence-corrected chi connectivity index (χ2v) is 7.47. The van der Waals surface area contributed by atoms with E-state index in [2.05, 4.69) is 10.6 Å². The predicted molar refractivity (Wildman–Crippen MR) is 129 cm³/mol. The third-order valence-corrected chi connectivity index (χ3v) is 5.33. The number of benzene rings is 2. The van der Waals surface area contributed by atoms with Crippen LogP contribution in [-0.2, 0) is 25.2 Å². The average Bonchev–Trinajstić information content (AvgIpc) is 2.90. The molecule has 0 spiro atoms. The Balaban J connectivity index is 0.00000158. The molecule has 34 heavy (non-hydrogen) atoms. The molecule has 0 saturated heterocycles. The molecular formula is C28H24MnN3O2. The minimum absolute atomic E-state index is 0.0390. The van der Waals surface area contributed by atoms with Gasteiger partial charge in [-0.05, 0) is 35.4 Å². The molecule has 2 atom stereocenters. The van der Waals surface area contributed by atoms with E-state index in [1.807, 2.05) is 88.5 Å². The van der Waals surface area contributed by atoms with E-state index in [4.69, 9.17) is 4.20 Å². The minimum atomic E-state index is -0.201. The van der Waals surface area contributed by atoms with Crippen molar-refractivity contribution in [2.45, 2.75) is 12.1 Å². The molecule has 2 aliphatic carbocycles. The quantitative estimate of drug-likeness (QED) is 0.431. The van der Waals surface area contributed by atoms with Crippen LogP contribution in [0, 0.1) is 4.20 Å². The first-order chi connectivity index (χ1) is 16.7. The fraction of sp³-hybridized carbons (Fsp3) is 0.0714. The van der Waals surface area contributed by atoms with E-state index in [1.165, 1.54) is 0 Å². The number of hydrogen-bond acceptors (Lipinski definition) is 5. The van der Waals surface area contributed by atoms with Crippen LogP contribution in [-0.4, -0.2) is 11.6 Å². The summed E-state index contributed by atoms with van der Waals surface area (Å²) in [5.41, 5.74) is 3.29. The van der Waals surface area contributed by atoms with Crippen molar-refractivity contribution >= 4 is 11.6 Å². The van der Waals surface area contributed by atoms with Crippen molar-refractivity contribution in [1.29, 1.82) is 4.20 Å². The number of carbonyl (C=O) groups excluding carboxylic acids is 2. The fourth-order valence-corrected chi connectivity index (χ4v) is 3.65. The molecule has 0 aromatic heterocycles. The summed E-state index contributed by atoms with van der Waals surface area (Å²) in [5, 5.41) is 6.91. The molecule has 5 nitrogen and oxygen atoms in total. The molecule has 2 N–H and O–H groups in total. The van der Waals surface area contributed by atoms with Crippen molar-refractivity contribution in [1.82, 2.24) is 10.6 Å². The van der Waals surface area contributed by atoms with Crippen LogP contribution in [0.4, 0.5) is 0 Å². The molecule has 4 rings (SSSR count). The van der Waals surface area contributed by atoms with Crippen LogP contribution in [0.1, 0.15) is 23.2 Å². The van der Waals surface area contributed by atoms with Crippen LogP contribution in [0.25, 0.3) is 0 Å². The third-order valence-electron chi connectivity index (χ3n) is 5.33. The zero-order valence-corrected chi connectivity index (χ0v) is 19.5. The predicted octanol–water partition coefficient (Wildman–Crippen LogP) is 4.82. The Kier molecular flexibility index (Phi) is 9.39. The number of nitrogens with zero attached hydrogens (tertiary/aromatic N) is 1. The maximum absolute atomic E-state index is 12.2. The van der Waals surface area contributed by atoms with E-state index in [-0.39, 0.29) is 23.7 Å². The number of hydrogen-bond donors (Lipinski definition) is 2. The van der Waals surface area contributed by atoms with Gasteiger partial charge in [0.15, 0.2) is 11.6 Å². The number of ketones is 2. The molecule has 0 amide bonds. The summed E-state index contributed by atoms with van der Waals surface area (Å²) >= 11 is 1.94. The Morgan fingerprint density at radius 3 is 1.29 bits per heavy atom. The van der Waals surface area contributed by atoms with Crippen LogP contribution < -0.4 is 10.6 Å². The number of allylic oxidation sites excluding steroid dienone is 10. The molecule has 6 heteroatoms. The van der Waals surface area contributed by atoms with Crippen molar-refractivity contribution in [3.05, 3.63) is 144 Å². The fourth-order valence-electron chi connectivity index (χ4n) is 3.65. The molecule has 170 valence electrons. The molecule has 0 aliphatic heterocycles. The summed E-state index contributed by atoms with van der Waals surface area (Å²) in [5.74, 6) is -0.0780. The molecule has 0 fully saturated rings. The van der Waals surface area contributed by atoms with E-state index >= 15 is 0 Å². The average molecular weight is 489 g/mol. The van der Waals surface area contributed by atoms with Gasteiger partial charge in [0.25, 0.3) is 0 Å². The van der Waals surface area contributed by atoms with Crippen molar-refractivity contribution in [2.75, 3.05) is 0 Å². The summed E-state index contributed by atoms with van der Waals surface area (Å²) in [4.78, 5) is 24.5. The monoisotopic (exact) mass is 489 g/mol. The second-order valence-electron chi connectivity index (χ2n) is 7.47. The normalized spacial score (nSPS) is 18.3. The van der Waals surface area contributed by atoms with Gasteiger partial charge in [0.2, 0.25) is 0 Å². The molecule has 0 heterocycles. The Labute approximate surface area is 207 Å². The van der Waals surface area contributed by atoms with E-state index in [0.29, 0.717) is 11.1 Å². The number of carbonyl (C=O) groups is 2. The maximum atomic E-state index is 12.2. The number of nitrogens with one attached hydrogen (secondary N) is 2. The third kappa shape index (κ3) is 6.53. The van der Waals surface area contributed by atoms with Crippen molar-refractivity contribution in [3.8, 4) is 0 Å². The van der Waals surface area contributed by atoms with Crippen LogP contribution in [0.5, 0.6) is 0 Å². The summed E-state index contributed by atoms with van der Waals surface area (Å²) in [6, 6.07) is 19.7. The summed E-state index contributed by atoms with van der Waals surface area (Å²) < 4.78 is 6.81. The SMILES string of the molecule is O=C1C=CC=C/C1=C/N[C@@H](c1ccccc1)[C@@H](N/C=C1/C=CC=CC1=O)c1ccccc1.[N]#[Mn]. The van der Waals surface area contributed by atoms with Crippen LogP contribution in [0.3, 0.4) is 0 Å². The summed E-state index contributed by atoms with van der Waals surface area (Å²) in [6.45, 7) is 0. The Bertz CT molecular complexity index is 1110. The van der Waals surface area contributed by atoms with E-state index in [1.54, 1.807) is 48.9 Å². The molecule has 0 bridgehead atoms. The summed E-state index contributed by atoms with van der Waals surface area (Å²) in [7, 11) is 0. The second kappa shape index (κ2) is 12.9. The van der Waals surface area contributed by atoms with Gasteiger partial charge in [-0.3, -0.25) is 9.59 Å². The van der Waals surface area contributed by atoms with E-state index in [9.17, 15) is 9.59 Å². The van der Waals surface area contributed by atoms with Gasteiger partial charge < -0.3 is 10.6 Å². The van der Waals surface area contributed by atoms with Gasteiger partial charge in [0.1, 0.15) is 0 Å². The van der Waals surface area contributed by atoms with Gasteiger partial charge in [-0.15, -0.1) is 0 Å². The zero-order valence-electron chi connectivity index (χ0n) is 18.3. The van der Waals surface area contributed by atoms with Gasteiger partial charge in [-0.2, -0.15) is 0 Å². The molecule has 0 unspecified atom stereocenters. The Morgan fingerprint density at radius 1 is 0.588 bits per heavy atom. The molecule has 2 aliphatic rings. The first-order valence-corrected chi connectivity index (χ1v) is 11.2. The molecule has 2 aromatic rings. The van der Waals surface area contributed by atoms with Crippen molar-refractivity contribution in [3.63, 3.8) is 0 Å².